The number of esters is 1. The van der Waals surface area contributed by atoms with E-state index in [2.05, 4.69) is 4.74 Å². The number of carbonyl (C=O) groups excluding carboxylic acids is 2. The van der Waals surface area contributed by atoms with Gasteiger partial charge in [0.2, 0.25) is 5.91 Å². The highest BCUT2D eigenvalue weighted by Gasteiger charge is 2.47. The lowest BCUT2D eigenvalue weighted by Crippen LogP contribution is -2.65. The lowest BCUT2D eigenvalue weighted by atomic mass is 10.0. The topological polar surface area (TPSA) is 87.2 Å². The molecule has 8 nitrogen and oxygen atoms in total. The minimum Gasteiger partial charge on any atom is -0.469 e. The van der Waals surface area contributed by atoms with Crippen molar-refractivity contribution in [1.82, 2.24) is 13.5 Å². The number of amides is 1. The molecule has 122 valence electrons. The van der Waals surface area contributed by atoms with Crippen molar-refractivity contribution >= 4 is 22.1 Å². The van der Waals surface area contributed by atoms with Crippen molar-refractivity contribution in [3.8, 4) is 0 Å². The van der Waals surface area contributed by atoms with Gasteiger partial charge in [-0.2, -0.15) is 17.0 Å². The quantitative estimate of drug-likeness (QED) is 0.624. The van der Waals surface area contributed by atoms with Crippen LogP contribution >= 0.6 is 0 Å². The van der Waals surface area contributed by atoms with E-state index in [1.165, 1.54) is 23.4 Å². The van der Waals surface area contributed by atoms with Crippen molar-refractivity contribution in [2.24, 2.45) is 0 Å². The highest BCUT2D eigenvalue weighted by molar-refractivity contribution is 7.86. The zero-order valence-corrected chi connectivity index (χ0v) is 13.9. The SMILES string of the molecule is COC(=O)CCN(C)S(=O)(=O)N1CCN(C)C(=O)C1(C)C. The smallest absolute Gasteiger partial charge is 0.306 e. The van der Waals surface area contributed by atoms with Gasteiger partial charge in [-0.1, -0.05) is 0 Å². The summed E-state index contributed by atoms with van der Waals surface area (Å²) < 4.78 is 31.9. The Hall–Kier alpha value is -1.19. The molecule has 0 radical (unpaired) electrons. The second-order valence-electron chi connectivity index (χ2n) is 5.51. The minimum atomic E-state index is -3.82. The minimum absolute atomic E-state index is 0.00557. The molecule has 1 rings (SSSR count). The lowest BCUT2D eigenvalue weighted by Gasteiger charge is -2.44. The van der Waals surface area contributed by atoms with Gasteiger partial charge in [-0.05, 0) is 13.8 Å². The monoisotopic (exact) mass is 321 g/mol. The molecule has 0 saturated carbocycles. The summed E-state index contributed by atoms with van der Waals surface area (Å²) in [4.78, 5) is 24.8. The maximum atomic E-state index is 12.6. The number of carbonyl (C=O) groups is 2. The third-order valence-corrected chi connectivity index (χ3v) is 5.83. The first-order valence-electron chi connectivity index (χ1n) is 6.61. The number of hydrogen-bond acceptors (Lipinski definition) is 5. The number of nitrogens with zero attached hydrogens (tertiary/aromatic N) is 3. The summed E-state index contributed by atoms with van der Waals surface area (Å²) in [6.45, 7) is 3.73. The van der Waals surface area contributed by atoms with E-state index < -0.39 is 21.7 Å². The van der Waals surface area contributed by atoms with Gasteiger partial charge in [-0.25, -0.2) is 0 Å². The van der Waals surface area contributed by atoms with Gasteiger partial charge in [0, 0.05) is 33.7 Å². The summed E-state index contributed by atoms with van der Waals surface area (Å²) in [5.74, 6) is -0.732. The molecule has 1 amide bonds. The standard InChI is InChI=1S/C12H23N3O5S/c1-12(2)11(17)13(3)8-9-15(12)21(18,19)14(4)7-6-10(16)20-5/h6-9H2,1-5H3. The number of likely N-dealkylation sites (N-methyl/N-ethyl adjacent to an activating group) is 1. The first kappa shape index (κ1) is 17.9. The molecule has 1 heterocycles. The van der Waals surface area contributed by atoms with Crippen LogP contribution < -0.4 is 0 Å². The Morgan fingerprint density at radius 2 is 1.95 bits per heavy atom. The lowest BCUT2D eigenvalue weighted by molar-refractivity contribution is -0.143. The van der Waals surface area contributed by atoms with Crippen LogP contribution in [-0.4, -0.2) is 80.2 Å². The average molecular weight is 321 g/mol. The second-order valence-corrected chi connectivity index (χ2v) is 7.47. The highest BCUT2D eigenvalue weighted by Crippen LogP contribution is 2.26. The zero-order chi connectivity index (χ0) is 16.4. The molecule has 0 aromatic carbocycles. The summed E-state index contributed by atoms with van der Waals surface area (Å²) in [6, 6.07) is 0. The van der Waals surface area contributed by atoms with E-state index in [-0.39, 0.29) is 25.4 Å². The molecular formula is C12H23N3O5S. The van der Waals surface area contributed by atoms with Gasteiger partial charge in [0.25, 0.3) is 10.2 Å². The summed E-state index contributed by atoms with van der Waals surface area (Å²) in [6.07, 6.45) is -0.0334. The Bertz CT molecular complexity index is 517. The summed E-state index contributed by atoms with van der Waals surface area (Å²) in [5, 5.41) is 0. The van der Waals surface area contributed by atoms with Crippen LogP contribution in [0.3, 0.4) is 0 Å². The predicted octanol–water partition coefficient (Wildman–Crippen LogP) is -0.721. The van der Waals surface area contributed by atoms with E-state index >= 15 is 0 Å². The van der Waals surface area contributed by atoms with E-state index in [4.69, 9.17) is 0 Å². The van der Waals surface area contributed by atoms with E-state index in [1.54, 1.807) is 20.9 Å². The van der Waals surface area contributed by atoms with E-state index in [0.717, 1.165) is 4.31 Å². The van der Waals surface area contributed by atoms with Crippen LogP contribution in [0.1, 0.15) is 20.3 Å². The highest BCUT2D eigenvalue weighted by atomic mass is 32.2. The van der Waals surface area contributed by atoms with Crippen molar-refractivity contribution in [3.63, 3.8) is 0 Å². The zero-order valence-electron chi connectivity index (χ0n) is 13.1. The predicted molar refractivity (Wildman–Crippen MR) is 76.6 cm³/mol. The molecule has 1 fully saturated rings. The molecule has 0 unspecified atom stereocenters. The van der Waals surface area contributed by atoms with Crippen LogP contribution in [-0.2, 0) is 24.5 Å². The molecule has 0 aromatic rings. The van der Waals surface area contributed by atoms with Gasteiger partial charge in [0.1, 0.15) is 5.54 Å². The van der Waals surface area contributed by atoms with Gasteiger partial charge in [-0.3, -0.25) is 9.59 Å². The molecule has 0 aliphatic carbocycles. The van der Waals surface area contributed by atoms with Crippen molar-refractivity contribution in [2.45, 2.75) is 25.8 Å². The number of piperazine rings is 1. The van der Waals surface area contributed by atoms with E-state index in [0.29, 0.717) is 6.54 Å². The Morgan fingerprint density at radius 1 is 1.38 bits per heavy atom. The number of ether oxygens (including phenoxy) is 1. The number of methoxy groups -OCH3 is 1. The molecule has 0 bridgehead atoms. The number of rotatable bonds is 5. The van der Waals surface area contributed by atoms with Crippen LogP contribution in [0.15, 0.2) is 0 Å². The Labute approximate surface area is 125 Å². The maximum Gasteiger partial charge on any atom is 0.306 e. The molecule has 1 aliphatic rings. The Balaban J connectivity index is 2.91. The number of hydrogen-bond donors (Lipinski definition) is 0. The van der Waals surface area contributed by atoms with Gasteiger partial charge in [-0.15, -0.1) is 0 Å². The maximum absolute atomic E-state index is 12.6. The van der Waals surface area contributed by atoms with Crippen molar-refractivity contribution in [3.05, 3.63) is 0 Å². The van der Waals surface area contributed by atoms with Crippen LogP contribution in [0.2, 0.25) is 0 Å². The first-order valence-corrected chi connectivity index (χ1v) is 8.01. The average Bonchev–Trinajstić information content (AvgIpc) is 2.41. The molecule has 0 spiro atoms. The summed E-state index contributed by atoms with van der Waals surface area (Å²) >= 11 is 0. The Morgan fingerprint density at radius 3 is 2.48 bits per heavy atom. The first-order chi connectivity index (χ1) is 9.55. The second kappa shape index (κ2) is 6.29. The fourth-order valence-electron chi connectivity index (χ4n) is 2.23. The molecule has 1 saturated heterocycles. The van der Waals surface area contributed by atoms with Crippen molar-refractivity contribution in [1.29, 1.82) is 0 Å². The van der Waals surface area contributed by atoms with Crippen LogP contribution in [0.25, 0.3) is 0 Å². The van der Waals surface area contributed by atoms with Gasteiger partial charge >= 0.3 is 5.97 Å². The molecule has 0 aromatic heterocycles. The van der Waals surface area contributed by atoms with Crippen LogP contribution in [0.5, 0.6) is 0 Å². The normalized spacial score (nSPS) is 19.9. The van der Waals surface area contributed by atoms with E-state index in [1.807, 2.05) is 0 Å². The van der Waals surface area contributed by atoms with Crippen molar-refractivity contribution in [2.75, 3.05) is 40.8 Å². The molecule has 0 N–H and O–H groups in total. The van der Waals surface area contributed by atoms with Gasteiger partial charge in [0.05, 0.1) is 13.5 Å². The molecule has 21 heavy (non-hydrogen) atoms. The summed E-state index contributed by atoms with van der Waals surface area (Å²) in [5.41, 5.74) is -1.15. The third kappa shape index (κ3) is 3.53. The van der Waals surface area contributed by atoms with E-state index in [9.17, 15) is 18.0 Å². The van der Waals surface area contributed by atoms with Crippen LogP contribution in [0, 0.1) is 0 Å². The van der Waals surface area contributed by atoms with Gasteiger partial charge in [0.15, 0.2) is 0 Å². The molecule has 1 aliphatic heterocycles. The molecular weight excluding hydrogens is 298 g/mol. The summed E-state index contributed by atoms with van der Waals surface area (Å²) in [7, 11) is 0.464. The fourth-order valence-corrected chi connectivity index (χ4v) is 3.86. The Kier molecular flexibility index (Phi) is 5.35. The molecule has 0 atom stereocenters. The van der Waals surface area contributed by atoms with Gasteiger partial charge < -0.3 is 9.64 Å². The van der Waals surface area contributed by atoms with Crippen LogP contribution in [0.4, 0.5) is 0 Å². The largest absolute Gasteiger partial charge is 0.469 e. The third-order valence-electron chi connectivity index (χ3n) is 3.66. The molecule has 9 heteroatoms. The van der Waals surface area contributed by atoms with Crippen molar-refractivity contribution < 1.29 is 22.7 Å². The fraction of sp³-hybridized carbons (Fsp3) is 0.833.